The van der Waals surface area contributed by atoms with Gasteiger partial charge in [-0.05, 0) is 27.2 Å². The maximum atomic E-state index is 5.39. The lowest BCUT2D eigenvalue weighted by Crippen LogP contribution is -2.29. The van der Waals surface area contributed by atoms with Gasteiger partial charge in [-0.1, -0.05) is 6.92 Å². The molecule has 1 N–H and O–H groups in total. The van der Waals surface area contributed by atoms with E-state index in [9.17, 15) is 0 Å². The summed E-state index contributed by atoms with van der Waals surface area (Å²) in [6.07, 6.45) is 1.47. The maximum absolute atomic E-state index is 5.39. The molecule has 0 radical (unpaired) electrons. The van der Waals surface area contributed by atoms with E-state index in [4.69, 9.17) is 9.47 Å². The van der Waals surface area contributed by atoms with Crippen molar-refractivity contribution in [2.45, 2.75) is 46.3 Å². The summed E-state index contributed by atoms with van der Waals surface area (Å²) >= 11 is 0. The molecule has 14 heavy (non-hydrogen) atoms. The van der Waals surface area contributed by atoms with Crippen molar-refractivity contribution in [1.29, 1.82) is 0 Å². The quantitative estimate of drug-likeness (QED) is 0.580. The van der Waals surface area contributed by atoms with Gasteiger partial charge in [0, 0.05) is 12.6 Å². The molecule has 0 aromatic carbocycles. The predicted molar refractivity (Wildman–Crippen MR) is 59.7 cm³/mol. The van der Waals surface area contributed by atoms with Crippen molar-refractivity contribution in [3.8, 4) is 0 Å². The fraction of sp³-hybridized carbons (Fsp3) is 1.00. The van der Waals surface area contributed by atoms with Crippen LogP contribution in [-0.2, 0) is 9.47 Å². The van der Waals surface area contributed by atoms with Crippen molar-refractivity contribution in [2.24, 2.45) is 0 Å². The van der Waals surface area contributed by atoms with E-state index in [1.807, 2.05) is 13.8 Å². The first-order valence-electron chi connectivity index (χ1n) is 5.59. The largest absolute Gasteiger partial charge is 0.378 e. The number of ether oxygens (including phenoxy) is 2. The first-order chi connectivity index (χ1) is 6.66. The molecule has 0 saturated heterocycles. The fourth-order valence-electron chi connectivity index (χ4n) is 0.967. The molecule has 0 fully saturated rings. The Balaban J connectivity index is 2.99. The third-order valence-electron chi connectivity index (χ3n) is 2.03. The second-order valence-corrected chi connectivity index (χ2v) is 3.80. The van der Waals surface area contributed by atoms with Crippen LogP contribution in [0.4, 0.5) is 0 Å². The van der Waals surface area contributed by atoms with Gasteiger partial charge in [-0.2, -0.15) is 0 Å². The van der Waals surface area contributed by atoms with Crippen LogP contribution in [0.1, 0.15) is 34.1 Å². The Labute approximate surface area is 88.2 Å². The Morgan fingerprint density at radius 1 is 1.07 bits per heavy atom. The smallest absolute Gasteiger partial charge is 0.0703 e. The van der Waals surface area contributed by atoms with Gasteiger partial charge in [-0.3, -0.25) is 0 Å². The Morgan fingerprint density at radius 2 is 1.79 bits per heavy atom. The highest BCUT2D eigenvalue weighted by Gasteiger charge is 1.96. The average Bonchev–Trinajstić information content (AvgIpc) is 2.15. The molecule has 0 aliphatic heterocycles. The zero-order chi connectivity index (χ0) is 10.8. The lowest BCUT2D eigenvalue weighted by atomic mass is 10.3. The Bertz CT molecular complexity index is 118. The summed E-state index contributed by atoms with van der Waals surface area (Å²) in [4.78, 5) is 0. The normalized spacial score (nSPS) is 13.5. The third kappa shape index (κ3) is 9.96. The first-order valence-corrected chi connectivity index (χ1v) is 5.59. The zero-order valence-corrected chi connectivity index (χ0v) is 10.0. The van der Waals surface area contributed by atoms with Crippen LogP contribution in [0.25, 0.3) is 0 Å². The Morgan fingerprint density at radius 3 is 2.36 bits per heavy atom. The molecule has 0 spiro atoms. The van der Waals surface area contributed by atoms with Gasteiger partial charge in [0.2, 0.25) is 0 Å². The summed E-state index contributed by atoms with van der Waals surface area (Å²) in [6.45, 7) is 11.5. The van der Waals surface area contributed by atoms with Crippen molar-refractivity contribution in [3.63, 3.8) is 0 Å². The number of nitrogens with one attached hydrogen (secondary N) is 1. The molecule has 3 heteroatoms. The molecule has 0 aliphatic rings. The van der Waals surface area contributed by atoms with Crippen LogP contribution in [0.15, 0.2) is 0 Å². The van der Waals surface area contributed by atoms with Gasteiger partial charge in [0.15, 0.2) is 0 Å². The molecule has 3 nitrogen and oxygen atoms in total. The molecule has 0 amide bonds. The van der Waals surface area contributed by atoms with E-state index in [-0.39, 0.29) is 0 Å². The van der Waals surface area contributed by atoms with Gasteiger partial charge in [-0.15, -0.1) is 0 Å². The molecule has 0 aliphatic carbocycles. The van der Waals surface area contributed by atoms with Crippen LogP contribution in [0, 0.1) is 0 Å². The van der Waals surface area contributed by atoms with E-state index in [1.165, 1.54) is 0 Å². The molecule has 0 saturated carbocycles. The van der Waals surface area contributed by atoms with E-state index < -0.39 is 0 Å². The summed E-state index contributed by atoms with van der Waals surface area (Å²) < 4.78 is 10.7. The van der Waals surface area contributed by atoms with Gasteiger partial charge < -0.3 is 14.8 Å². The predicted octanol–water partition coefficient (Wildman–Crippen LogP) is 1.82. The average molecular weight is 203 g/mol. The monoisotopic (exact) mass is 203 g/mol. The molecule has 0 heterocycles. The molecular weight excluding hydrogens is 178 g/mol. The number of hydrogen-bond donors (Lipinski definition) is 1. The molecule has 0 aromatic heterocycles. The second kappa shape index (κ2) is 9.44. The summed E-state index contributed by atoms with van der Waals surface area (Å²) in [5.74, 6) is 0. The van der Waals surface area contributed by atoms with Crippen LogP contribution in [0.5, 0.6) is 0 Å². The molecule has 1 atom stereocenters. The summed E-state index contributed by atoms with van der Waals surface area (Å²) in [7, 11) is 0. The van der Waals surface area contributed by atoms with Crippen LogP contribution >= 0.6 is 0 Å². The highest BCUT2D eigenvalue weighted by molar-refractivity contribution is 4.56. The molecular formula is C11H25NO2. The van der Waals surface area contributed by atoms with E-state index >= 15 is 0 Å². The summed E-state index contributed by atoms with van der Waals surface area (Å²) in [5.41, 5.74) is 0. The lowest BCUT2D eigenvalue weighted by molar-refractivity contribution is 0.0201. The van der Waals surface area contributed by atoms with Crippen LogP contribution in [-0.4, -0.2) is 38.5 Å². The van der Waals surface area contributed by atoms with Crippen LogP contribution in [0.2, 0.25) is 0 Å². The Kier molecular flexibility index (Phi) is 9.35. The maximum Gasteiger partial charge on any atom is 0.0703 e. The standard InChI is InChI=1S/C11H25NO2/c1-5-11(4)12-6-7-13-8-9-14-10(2)3/h10-12H,5-9H2,1-4H3. The van der Waals surface area contributed by atoms with Gasteiger partial charge >= 0.3 is 0 Å². The topological polar surface area (TPSA) is 30.5 Å². The van der Waals surface area contributed by atoms with Gasteiger partial charge in [0.1, 0.15) is 0 Å². The molecule has 0 aromatic rings. The summed E-state index contributed by atoms with van der Waals surface area (Å²) in [5, 5.41) is 3.37. The zero-order valence-electron chi connectivity index (χ0n) is 10.0. The van der Waals surface area contributed by atoms with Crippen molar-refractivity contribution in [2.75, 3.05) is 26.4 Å². The van der Waals surface area contributed by atoms with Crippen LogP contribution in [0.3, 0.4) is 0 Å². The van der Waals surface area contributed by atoms with Crippen molar-refractivity contribution < 1.29 is 9.47 Å². The minimum absolute atomic E-state index is 0.303. The second-order valence-electron chi connectivity index (χ2n) is 3.80. The Hall–Kier alpha value is -0.120. The van der Waals surface area contributed by atoms with E-state index in [0.717, 1.165) is 19.6 Å². The third-order valence-corrected chi connectivity index (χ3v) is 2.03. The molecule has 86 valence electrons. The van der Waals surface area contributed by atoms with Crippen LogP contribution < -0.4 is 5.32 Å². The minimum Gasteiger partial charge on any atom is -0.378 e. The van der Waals surface area contributed by atoms with Crippen molar-refractivity contribution >= 4 is 0 Å². The molecule has 0 bridgehead atoms. The lowest BCUT2D eigenvalue weighted by Gasteiger charge is -2.11. The van der Waals surface area contributed by atoms with Gasteiger partial charge in [0.25, 0.3) is 0 Å². The summed E-state index contributed by atoms with van der Waals surface area (Å²) in [6, 6.07) is 0.588. The van der Waals surface area contributed by atoms with E-state index in [2.05, 4.69) is 19.2 Å². The first kappa shape index (κ1) is 13.9. The van der Waals surface area contributed by atoms with E-state index in [0.29, 0.717) is 25.4 Å². The SMILES string of the molecule is CCC(C)NCCOCCOC(C)C. The highest BCUT2D eigenvalue weighted by Crippen LogP contribution is 1.88. The minimum atomic E-state index is 0.303. The van der Waals surface area contributed by atoms with Gasteiger partial charge in [0.05, 0.1) is 25.9 Å². The molecule has 0 rings (SSSR count). The number of rotatable bonds is 9. The number of hydrogen-bond acceptors (Lipinski definition) is 3. The van der Waals surface area contributed by atoms with Crippen molar-refractivity contribution in [3.05, 3.63) is 0 Å². The highest BCUT2D eigenvalue weighted by atomic mass is 16.5. The van der Waals surface area contributed by atoms with Crippen molar-refractivity contribution in [1.82, 2.24) is 5.32 Å². The van der Waals surface area contributed by atoms with E-state index in [1.54, 1.807) is 0 Å². The van der Waals surface area contributed by atoms with Gasteiger partial charge in [-0.25, -0.2) is 0 Å². The fourth-order valence-corrected chi connectivity index (χ4v) is 0.967. The molecule has 1 unspecified atom stereocenters.